The first kappa shape index (κ1) is 14.9. The first-order valence-electron chi connectivity index (χ1n) is 4.90. The van der Waals surface area contributed by atoms with Crippen molar-refractivity contribution in [1.82, 2.24) is 0 Å². The Bertz CT molecular complexity index is 98.3. The van der Waals surface area contributed by atoms with Crippen LogP contribution in [0.1, 0.15) is 40.5 Å². The predicted molar refractivity (Wildman–Crippen MR) is 53.7 cm³/mol. The maximum Gasteiger partial charge on any atom is 0.302 e. The van der Waals surface area contributed by atoms with Crippen LogP contribution in [0.4, 0.5) is 0 Å². The van der Waals surface area contributed by atoms with Crippen LogP contribution < -0.4 is 0 Å². The van der Waals surface area contributed by atoms with E-state index in [0.29, 0.717) is 6.61 Å². The van der Waals surface area contributed by atoms with Crippen LogP contribution in [0.3, 0.4) is 0 Å². The fraction of sp³-hybridized carbons (Fsp3) is 0.900. The summed E-state index contributed by atoms with van der Waals surface area (Å²) in [5.41, 5.74) is 0. The summed E-state index contributed by atoms with van der Waals surface area (Å²) in [6.45, 7) is 9.74. The molecule has 0 radical (unpaired) electrons. The molecule has 0 aromatic carbocycles. The normalized spacial score (nSPS) is 8.62. The van der Waals surface area contributed by atoms with E-state index in [9.17, 15) is 4.79 Å². The Balaban J connectivity index is 0. The first-order valence-corrected chi connectivity index (χ1v) is 4.90. The van der Waals surface area contributed by atoms with Gasteiger partial charge in [0.25, 0.3) is 0 Å². The summed E-state index contributed by atoms with van der Waals surface area (Å²) < 4.78 is 9.53. The van der Waals surface area contributed by atoms with Crippen molar-refractivity contribution in [3.63, 3.8) is 0 Å². The van der Waals surface area contributed by atoms with Crippen LogP contribution in [0.15, 0.2) is 0 Å². The SMILES string of the molecule is CCCOCCC.CCOC(C)=O. The number of hydrogen-bond acceptors (Lipinski definition) is 3. The van der Waals surface area contributed by atoms with Crippen molar-refractivity contribution in [1.29, 1.82) is 0 Å². The van der Waals surface area contributed by atoms with Crippen LogP contribution in [0.2, 0.25) is 0 Å². The van der Waals surface area contributed by atoms with E-state index in [1.165, 1.54) is 6.92 Å². The number of rotatable bonds is 5. The smallest absolute Gasteiger partial charge is 0.302 e. The molecular formula is C10H22O3. The minimum atomic E-state index is -0.211. The maximum absolute atomic E-state index is 9.82. The van der Waals surface area contributed by atoms with Gasteiger partial charge in [0.15, 0.2) is 0 Å². The fourth-order valence-electron chi connectivity index (χ4n) is 0.594. The van der Waals surface area contributed by atoms with Gasteiger partial charge in [-0.05, 0) is 19.8 Å². The molecule has 3 nitrogen and oxygen atoms in total. The molecule has 0 aromatic rings. The second kappa shape index (κ2) is 14.0. The Morgan fingerprint density at radius 2 is 1.54 bits per heavy atom. The highest BCUT2D eigenvalue weighted by Gasteiger charge is 1.81. The van der Waals surface area contributed by atoms with Crippen molar-refractivity contribution < 1.29 is 14.3 Å². The summed E-state index contributed by atoms with van der Waals surface area (Å²) in [6, 6.07) is 0. The van der Waals surface area contributed by atoms with Crippen molar-refractivity contribution in [3.8, 4) is 0 Å². The molecule has 0 heterocycles. The summed E-state index contributed by atoms with van der Waals surface area (Å²) in [7, 11) is 0. The molecule has 0 atom stereocenters. The number of carbonyl (C=O) groups excluding carboxylic acids is 1. The lowest BCUT2D eigenvalue weighted by atomic mass is 10.5. The average molecular weight is 190 g/mol. The minimum absolute atomic E-state index is 0.211. The second-order valence-corrected chi connectivity index (χ2v) is 2.54. The lowest BCUT2D eigenvalue weighted by molar-refractivity contribution is -0.140. The highest BCUT2D eigenvalue weighted by atomic mass is 16.5. The van der Waals surface area contributed by atoms with E-state index in [0.717, 1.165) is 26.1 Å². The largest absolute Gasteiger partial charge is 0.466 e. The molecular weight excluding hydrogens is 168 g/mol. The van der Waals surface area contributed by atoms with Crippen LogP contribution in [-0.4, -0.2) is 25.8 Å². The summed E-state index contributed by atoms with van der Waals surface area (Å²) in [6.07, 6.45) is 2.28. The molecule has 0 aliphatic rings. The third-order valence-corrected chi connectivity index (χ3v) is 1.04. The number of hydrogen-bond donors (Lipinski definition) is 0. The van der Waals surface area contributed by atoms with Crippen molar-refractivity contribution in [2.75, 3.05) is 19.8 Å². The standard InChI is InChI=1S/C6H14O.C4H8O2/c1-3-5-7-6-4-2;1-3-6-4(2)5/h3-6H2,1-2H3;3H2,1-2H3. The molecule has 0 bridgehead atoms. The zero-order chi connectivity index (χ0) is 10.5. The van der Waals surface area contributed by atoms with Gasteiger partial charge in [-0.1, -0.05) is 13.8 Å². The van der Waals surface area contributed by atoms with Gasteiger partial charge in [-0.3, -0.25) is 4.79 Å². The number of esters is 1. The van der Waals surface area contributed by atoms with Gasteiger partial charge in [0, 0.05) is 20.1 Å². The minimum Gasteiger partial charge on any atom is -0.466 e. The highest BCUT2D eigenvalue weighted by molar-refractivity contribution is 5.65. The fourth-order valence-corrected chi connectivity index (χ4v) is 0.594. The maximum atomic E-state index is 9.82. The topological polar surface area (TPSA) is 35.5 Å². The summed E-state index contributed by atoms with van der Waals surface area (Å²) in [5.74, 6) is -0.211. The van der Waals surface area contributed by atoms with E-state index in [4.69, 9.17) is 4.74 Å². The summed E-state index contributed by atoms with van der Waals surface area (Å²) in [5, 5.41) is 0. The van der Waals surface area contributed by atoms with E-state index in [2.05, 4.69) is 18.6 Å². The van der Waals surface area contributed by atoms with Gasteiger partial charge in [-0.25, -0.2) is 0 Å². The zero-order valence-electron chi connectivity index (χ0n) is 9.26. The van der Waals surface area contributed by atoms with Crippen molar-refractivity contribution in [2.24, 2.45) is 0 Å². The molecule has 0 spiro atoms. The Labute approximate surface area is 81.4 Å². The van der Waals surface area contributed by atoms with Crippen molar-refractivity contribution in [2.45, 2.75) is 40.5 Å². The Morgan fingerprint density at radius 1 is 1.08 bits per heavy atom. The summed E-state index contributed by atoms with van der Waals surface area (Å²) >= 11 is 0. The molecule has 3 heteroatoms. The van der Waals surface area contributed by atoms with Crippen LogP contribution in [-0.2, 0) is 14.3 Å². The van der Waals surface area contributed by atoms with Crippen LogP contribution >= 0.6 is 0 Å². The monoisotopic (exact) mass is 190 g/mol. The Morgan fingerprint density at radius 3 is 1.69 bits per heavy atom. The molecule has 0 aromatic heterocycles. The van der Waals surface area contributed by atoms with E-state index in [-0.39, 0.29) is 5.97 Å². The number of ether oxygens (including phenoxy) is 2. The third-order valence-electron chi connectivity index (χ3n) is 1.04. The predicted octanol–water partition coefficient (Wildman–Crippen LogP) is 2.39. The molecule has 13 heavy (non-hydrogen) atoms. The Kier molecular flexibility index (Phi) is 16.1. The molecule has 0 unspecified atom stereocenters. The molecule has 0 fully saturated rings. The second-order valence-electron chi connectivity index (χ2n) is 2.54. The lowest BCUT2D eigenvalue weighted by Gasteiger charge is -1.95. The summed E-state index contributed by atoms with van der Waals surface area (Å²) in [4.78, 5) is 9.82. The number of carbonyl (C=O) groups is 1. The van der Waals surface area contributed by atoms with E-state index in [1.54, 1.807) is 6.92 Å². The van der Waals surface area contributed by atoms with Gasteiger partial charge < -0.3 is 9.47 Å². The van der Waals surface area contributed by atoms with Crippen LogP contribution in [0.5, 0.6) is 0 Å². The van der Waals surface area contributed by atoms with Gasteiger partial charge in [0.05, 0.1) is 6.61 Å². The quantitative estimate of drug-likeness (QED) is 0.493. The molecule has 0 aliphatic heterocycles. The van der Waals surface area contributed by atoms with Gasteiger partial charge in [-0.15, -0.1) is 0 Å². The van der Waals surface area contributed by atoms with Gasteiger partial charge in [-0.2, -0.15) is 0 Å². The molecule has 0 rings (SSSR count). The molecule has 0 N–H and O–H groups in total. The first-order chi connectivity index (χ1) is 6.18. The van der Waals surface area contributed by atoms with Crippen LogP contribution in [0, 0.1) is 0 Å². The zero-order valence-corrected chi connectivity index (χ0v) is 9.26. The average Bonchev–Trinajstić information content (AvgIpc) is 2.06. The van der Waals surface area contributed by atoms with E-state index in [1.807, 2.05) is 0 Å². The van der Waals surface area contributed by atoms with Crippen LogP contribution in [0.25, 0.3) is 0 Å². The molecule has 0 saturated carbocycles. The molecule has 0 aliphatic carbocycles. The molecule has 0 amide bonds. The van der Waals surface area contributed by atoms with Crippen molar-refractivity contribution >= 4 is 5.97 Å². The molecule has 0 saturated heterocycles. The third kappa shape index (κ3) is 24.6. The highest BCUT2D eigenvalue weighted by Crippen LogP contribution is 1.81. The van der Waals surface area contributed by atoms with E-state index >= 15 is 0 Å². The van der Waals surface area contributed by atoms with Gasteiger partial charge in [0.2, 0.25) is 0 Å². The van der Waals surface area contributed by atoms with Crippen molar-refractivity contribution in [3.05, 3.63) is 0 Å². The Hall–Kier alpha value is -0.570. The van der Waals surface area contributed by atoms with Gasteiger partial charge in [0.1, 0.15) is 0 Å². The van der Waals surface area contributed by atoms with E-state index < -0.39 is 0 Å². The lowest BCUT2D eigenvalue weighted by Crippen LogP contribution is -1.95. The van der Waals surface area contributed by atoms with Gasteiger partial charge >= 0.3 is 5.97 Å². The molecule has 80 valence electrons.